The van der Waals surface area contributed by atoms with Gasteiger partial charge in [0.1, 0.15) is 0 Å². The molecule has 1 aliphatic carbocycles. The second-order valence-corrected chi connectivity index (χ2v) is 11.1. The molecule has 0 unspecified atom stereocenters. The van der Waals surface area contributed by atoms with E-state index in [0.717, 1.165) is 5.56 Å². The number of nitrogens with one attached hydrogen (secondary N) is 2. The van der Waals surface area contributed by atoms with Crippen molar-refractivity contribution in [2.45, 2.75) is 62.0 Å². The number of halogens is 1. The minimum Gasteiger partial charge on any atom is -0.355 e. The number of anilines is 1. The number of amides is 2. The molecule has 1 aliphatic rings. The molecule has 32 heavy (non-hydrogen) atoms. The predicted molar refractivity (Wildman–Crippen MR) is 127 cm³/mol. The first-order valence-electron chi connectivity index (χ1n) is 10.8. The summed E-state index contributed by atoms with van der Waals surface area (Å²) in [5.74, 6) is -0.644. The highest BCUT2D eigenvalue weighted by Crippen LogP contribution is 2.41. The van der Waals surface area contributed by atoms with Crippen LogP contribution >= 0.6 is 11.6 Å². The van der Waals surface area contributed by atoms with Gasteiger partial charge in [-0.2, -0.15) is 0 Å². The van der Waals surface area contributed by atoms with E-state index in [2.05, 4.69) is 10.6 Å². The molecule has 0 bridgehead atoms. The predicted octanol–water partition coefficient (Wildman–Crippen LogP) is 4.58. The van der Waals surface area contributed by atoms with Crippen LogP contribution in [0.2, 0.25) is 5.02 Å². The number of hydrogen-bond acceptors (Lipinski definition) is 4. The quantitative estimate of drug-likeness (QED) is 0.545. The van der Waals surface area contributed by atoms with Crippen LogP contribution in [0.5, 0.6) is 0 Å². The van der Waals surface area contributed by atoms with E-state index in [0.29, 0.717) is 48.4 Å². The van der Waals surface area contributed by atoms with Gasteiger partial charge in [-0.15, -0.1) is 0 Å². The molecule has 3 rings (SSSR count). The van der Waals surface area contributed by atoms with Crippen LogP contribution in [0.1, 0.15) is 49.7 Å². The second kappa shape index (κ2) is 10.0. The lowest BCUT2D eigenvalue weighted by Gasteiger charge is -2.28. The maximum atomic E-state index is 13.6. The number of carbonyl (C=O) groups excluding carboxylic acids is 2. The summed E-state index contributed by atoms with van der Waals surface area (Å²) in [6.07, 6.45) is 2.63. The van der Waals surface area contributed by atoms with Gasteiger partial charge in [0.05, 0.1) is 4.90 Å². The fourth-order valence-corrected chi connectivity index (χ4v) is 6.66. The number of rotatable bonds is 8. The highest BCUT2D eigenvalue weighted by molar-refractivity contribution is 7.93. The number of benzene rings is 2. The topological polar surface area (TPSA) is 92.3 Å². The highest BCUT2D eigenvalue weighted by Gasteiger charge is 2.53. The van der Waals surface area contributed by atoms with Crippen molar-refractivity contribution >= 4 is 38.9 Å². The molecular formula is C24H29ClN2O4S. The summed E-state index contributed by atoms with van der Waals surface area (Å²) in [5.41, 5.74) is 2.14. The molecule has 2 N–H and O–H groups in total. The van der Waals surface area contributed by atoms with Gasteiger partial charge in [-0.3, -0.25) is 9.59 Å². The molecule has 1 saturated carbocycles. The average molecular weight is 477 g/mol. The van der Waals surface area contributed by atoms with Crippen LogP contribution in [0, 0.1) is 13.8 Å². The molecule has 2 amide bonds. The summed E-state index contributed by atoms with van der Waals surface area (Å²) in [6, 6.07) is 12.1. The van der Waals surface area contributed by atoms with E-state index in [1.54, 1.807) is 43.3 Å². The lowest BCUT2D eigenvalue weighted by molar-refractivity contribution is -0.123. The molecule has 0 spiro atoms. The van der Waals surface area contributed by atoms with E-state index in [9.17, 15) is 18.0 Å². The molecule has 0 aromatic heterocycles. The summed E-state index contributed by atoms with van der Waals surface area (Å²) < 4.78 is 25.8. The van der Waals surface area contributed by atoms with Crippen LogP contribution in [0.3, 0.4) is 0 Å². The summed E-state index contributed by atoms with van der Waals surface area (Å²) in [6.45, 7) is 3.83. The van der Waals surface area contributed by atoms with Gasteiger partial charge in [-0.05, 0) is 74.6 Å². The molecular weight excluding hydrogens is 448 g/mol. The first-order chi connectivity index (χ1) is 15.2. The maximum Gasteiger partial charge on any atom is 0.241 e. The van der Waals surface area contributed by atoms with Crippen LogP contribution in [-0.2, 0) is 19.4 Å². The van der Waals surface area contributed by atoms with Crippen LogP contribution in [0.15, 0.2) is 47.4 Å². The number of sulfone groups is 1. The van der Waals surface area contributed by atoms with Crippen LogP contribution in [0.25, 0.3) is 0 Å². The van der Waals surface area contributed by atoms with Crippen LogP contribution in [-0.4, -0.2) is 31.5 Å². The van der Waals surface area contributed by atoms with Crippen molar-refractivity contribution in [1.82, 2.24) is 5.32 Å². The van der Waals surface area contributed by atoms with Gasteiger partial charge in [0.15, 0.2) is 14.6 Å². The molecule has 2 aromatic rings. The Bertz CT molecular complexity index is 1090. The standard InChI is InChI=1S/C24H29ClN2O4S/c1-17-7-8-18(2)21(16-17)32(30,31)24(13-3-4-14-24)23(29)26-15-5-6-22(28)27-20-11-9-19(25)10-12-20/h7-12,16H,3-6,13-15H2,1-2H3,(H,26,29)(H,27,28). The Morgan fingerprint density at radius 1 is 1.03 bits per heavy atom. The summed E-state index contributed by atoms with van der Waals surface area (Å²) in [7, 11) is -3.85. The average Bonchev–Trinajstić information content (AvgIpc) is 3.26. The van der Waals surface area contributed by atoms with Gasteiger partial charge in [-0.25, -0.2) is 8.42 Å². The number of carbonyl (C=O) groups is 2. The Kier molecular flexibility index (Phi) is 7.62. The second-order valence-electron chi connectivity index (χ2n) is 8.39. The van der Waals surface area contributed by atoms with Gasteiger partial charge < -0.3 is 10.6 Å². The monoisotopic (exact) mass is 476 g/mol. The number of hydrogen-bond donors (Lipinski definition) is 2. The molecule has 0 radical (unpaired) electrons. The van der Waals surface area contributed by atoms with Crippen molar-refractivity contribution in [3.63, 3.8) is 0 Å². The first-order valence-corrected chi connectivity index (χ1v) is 12.7. The zero-order chi connectivity index (χ0) is 23.4. The molecule has 172 valence electrons. The van der Waals surface area contributed by atoms with E-state index in [1.807, 2.05) is 13.0 Å². The molecule has 6 nitrogen and oxygen atoms in total. The third-order valence-corrected chi connectivity index (χ3v) is 8.86. The molecule has 1 fully saturated rings. The van der Waals surface area contributed by atoms with Gasteiger partial charge >= 0.3 is 0 Å². The Morgan fingerprint density at radius 3 is 2.34 bits per heavy atom. The zero-order valence-electron chi connectivity index (χ0n) is 18.4. The Morgan fingerprint density at radius 2 is 1.69 bits per heavy atom. The Labute approximate surface area is 194 Å². The van der Waals surface area contributed by atoms with Gasteiger partial charge in [0.25, 0.3) is 0 Å². The summed E-state index contributed by atoms with van der Waals surface area (Å²) >= 11 is 5.84. The van der Waals surface area contributed by atoms with E-state index in [-0.39, 0.29) is 23.8 Å². The minimum absolute atomic E-state index is 0.180. The minimum atomic E-state index is -3.85. The highest BCUT2D eigenvalue weighted by atomic mass is 35.5. The first kappa shape index (κ1) is 24.3. The summed E-state index contributed by atoms with van der Waals surface area (Å²) in [5, 5.41) is 6.14. The van der Waals surface area contributed by atoms with Gasteiger partial charge in [0.2, 0.25) is 11.8 Å². The van der Waals surface area contributed by atoms with E-state index in [4.69, 9.17) is 11.6 Å². The smallest absolute Gasteiger partial charge is 0.241 e. The third kappa shape index (κ3) is 5.15. The Balaban J connectivity index is 1.62. The normalized spacial score (nSPS) is 15.3. The largest absolute Gasteiger partial charge is 0.355 e. The Hall–Kier alpha value is -2.38. The van der Waals surface area contributed by atoms with Crippen molar-refractivity contribution in [2.75, 3.05) is 11.9 Å². The lowest BCUT2D eigenvalue weighted by Crippen LogP contribution is -2.51. The molecule has 0 heterocycles. The van der Waals surface area contributed by atoms with Crippen molar-refractivity contribution in [3.05, 3.63) is 58.6 Å². The molecule has 0 aliphatic heterocycles. The van der Waals surface area contributed by atoms with Crippen molar-refractivity contribution in [1.29, 1.82) is 0 Å². The lowest BCUT2D eigenvalue weighted by atomic mass is 10.1. The van der Waals surface area contributed by atoms with Crippen LogP contribution < -0.4 is 10.6 Å². The van der Waals surface area contributed by atoms with E-state index >= 15 is 0 Å². The van der Waals surface area contributed by atoms with Crippen molar-refractivity contribution < 1.29 is 18.0 Å². The van der Waals surface area contributed by atoms with Crippen LogP contribution in [0.4, 0.5) is 5.69 Å². The third-order valence-electron chi connectivity index (χ3n) is 5.97. The van der Waals surface area contributed by atoms with Crippen molar-refractivity contribution in [2.24, 2.45) is 0 Å². The SMILES string of the molecule is Cc1ccc(C)c(S(=O)(=O)C2(C(=O)NCCCC(=O)Nc3ccc(Cl)cc3)CCCC2)c1. The zero-order valence-corrected chi connectivity index (χ0v) is 20.0. The van der Waals surface area contributed by atoms with E-state index in [1.165, 1.54) is 0 Å². The van der Waals surface area contributed by atoms with Gasteiger partial charge in [-0.1, -0.05) is 36.6 Å². The fourth-order valence-electron chi connectivity index (χ4n) is 4.14. The molecule has 8 heteroatoms. The maximum absolute atomic E-state index is 13.6. The summed E-state index contributed by atoms with van der Waals surface area (Å²) in [4.78, 5) is 25.5. The fraction of sp³-hybridized carbons (Fsp3) is 0.417. The molecule has 0 saturated heterocycles. The molecule has 2 aromatic carbocycles. The van der Waals surface area contributed by atoms with Gasteiger partial charge in [0, 0.05) is 23.7 Å². The number of aryl methyl sites for hydroxylation is 2. The van der Waals surface area contributed by atoms with Crippen molar-refractivity contribution in [3.8, 4) is 0 Å². The van der Waals surface area contributed by atoms with E-state index < -0.39 is 20.5 Å². The molecule has 0 atom stereocenters.